The number of hydrogen-bond donors (Lipinski definition) is 0. The van der Waals surface area contributed by atoms with Gasteiger partial charge in [-0.3, -0.25) is 4.90 Å². The average molecular weight is 559 g/mol. The molecule has 0 N–H and O–H groups in total. The van der Waals surface area contributed by atoms with E-state index in [4.69, 9.17) is 9.57 Å². The summed E-state index contributed by atoms with van der Waals surface area (Å²) in [6.45, 7) is 9.93. The zero-order valence-electron chi connectivity index (χ0n) is 23.2. The molecule has 212 valence electrons. The maximum Gasteiger partial charge on any atom is 0.328 e. The van der Waals surface area contributed by atoms with Gasteiger partial charge in [0.25, 0.3) is 0 Å². The van der Waals surface area contributed by atoms with Gasteiger partial charge in [0.05, 0.1) is 23.9 Å². The standard InChI is InChI=1S/C29H39FN4O4S/c1-5-8-27-17-28(31-38-27)33-20-29(34(39(33,35)36)25-11-7-10-24(30)16-25)13-14-32(22(4)18-29)19-23-9-6-12-26(15-23)37-21(2)3/h6-7,9-12,15-16,21-22,27H,5,8,13-14,17-20H2,1-4H3/t22-,27?,29+/m0/s1. The van der Waals surface area contributed by atoms with E-state index in [1.54, 1.807) is 12.1 Å². The van der Waals surface area contributed by atoms with Gasteiger partial charge in [0.2, 0.25) is 0 Å². The summed E-state index contributed by atoms with van der Waals surface area (Å²) in [7, 11) is -3.99. The van der Waals surface area contributed by atoms with Gasteiger partial charge in [-0.2, -0.15) is 8.42 Å². The molecule has 0 aromatic heterocycles. The van der Waals surface area contributed by atoms with Crippen LogP contribution in [0.1, 0.15) is 65.4 Å². The van der Waals surface area contributed by atoms with Crippen LogP contribution in [0.3, 0.4) is 0 Å². The van der Waals surface area contributed by atoms with Crippen molar-refractivity contribution in [1.29, 1.82) is 0 Å². The highest BCUT2D eigenvalue weighted by Gasteiger charge is 2.58. The summed E-state index contributed by atoms with van der Waals surface area (Å²) < 4.78 is 51.3. The molecule has 39 heavy (non-hydrogen) atoms. The van der Waals surface area contributed by atoms with Gasteiger partial charge in [-0.25, -0.2) is 13.0 Å². The molecule has 0 saturated carbocycles. The first-order chi connectivity index (χ1) is 18.6. The van der Waals surface area contributed by atoms with Crippen LogP contribution in [0, 0.1) is 5.82 Å². The molecule has 1 unspecified atom stereocenters. The molecular weight excluding hydrogens is 519 g/mol. The zero-order chi connectivity index (χ0) is 27.8. The highest BCUT2D eigenvalue weighted by Crippen LogP contribution is 2.45. The molecule has 2 aromatic rings. The molecule has 0 radical (unpaired) electrons. The lowest BCUT2D eigenvalue weighted by molar-refractivity contribution is 0.0785. The van der Waals surface area contributed by atoms with Crippen LogP contribution in [-0.2, 0) is 21.6 Å². The Hall–Kier alpha value is -2.85. The molecule has 1 spiro atoms. The lowest BCUT2D eigenvalue weighted by Gasteiger charge is -2.46. The molecule has 0 amide bonds. The van der Waals surface area contributed by atoms with Crippen LogP contribution in [0.2, 0.25) is 0 Å². The number of likely N-dealkylation sites (tertiary alicyclic amines) is 1. The maximum atomic E-state index is 14.4. The van der Waals surface area contributed by atoms with Crippen LogP contribution in [-0.4, -0.2) is 60.3 Å². The second-order valence-corrected chi connectivity index (χ2v) is 13.0. The van der Waals surface area contributed by atoms with E-state index in [0.29, 0.717) is 37.3 Å². The predicted octanol–water partition coefficient (Wildman–Crippen LogP) is 5.31. The van der Waals surface area contributed by atoms with E-state index in [1.807, 2.05) is 26.0 Å². The van der Waals surface area contributed by atoms with Crippen molar-refractivity contribution in [2.45, 2.75) is 90.1 Å². The third-order valence-electron chi connectivity index (χ3n) is 7.86. The first-order valence-electron chi connectivity index (χ1n) is 13.9. The van der Waals surface area contributed by atoms with E-state index < -0.39 is 21.6 Å². The Kier molecular flexibility index (Phi) is 7.79. The van der Waals surface area contributed by atoms with E-state index >= 15 is 0 Å². The van der Waals surface area contributed by atoms with Crippen molar-refractivity contribution in [3.8, 4) is 5.75 Å². The summed E-state index contributed by atoms with van der Waals surface area (Å²) in [5, 5.41) is 4.20. The Morgan fingerprint density at radius 2 is 2.00 bits per heavy atom. The SMILES string of the molecule is CCCC1CC(N2C[C@]3(CCN(Cc4cccc(OC(C)C)c4)[C@@H](C)C3)N(c3cccc(F)c3)S2(=O)=O)=NO1. The Morgan fingerprint density at radius 1 is 1.21 bits per heavy atom. The molecule has 3 aliphatic heterocycles. The third kappa shape index (κ3) is 5.59. The van der Waals surface area contributed by atoms with Crippen LogP contribution < -0.4 is 9.04 Å². The molecule has 3 heterocycles. The number of nitrogens with zero attached hydrogens (tertiary/aromatic N) is 4. The molecule has 2 aromatic carbocycles. The second kappa shape index (κ2) is 11.0. The van der Waals surface area contributed by atoms with Crippen LogP contribution in [0.15, 0.2) is 53.7 Å². The summed E-state index contributed by atoms with van der Waals surface area (Å²) >= 11 is 0. The number of halogens is 1. The molecule has 8 nitrogen and oxygen atoms in total. The normalized spacial score (nSPS) is 26.8. The van der Waals surface area contributed by atoms with Crippen molar-refractivity contribution in [3.63, 3.8) is 0 Å². The maximum absolute atomic E-state index is 14.4. The first-order valence-corrected chi connectivity index (χ1v) is 15.3. The Bertz CT molecular complexity index is 1320. The minimum absolute atomic E-state index is 0.0919. The smallest absolute Gasteiger partial charge is 0.328 e. The fraction of sp³-hybridized carbons (Fsp3) is 0.552. The lowest BCUT2D eigenvalue weighted by Crippen LogP contribution is -2.57. The van der Waals surface area contributed by atoms with Gasteiger partial charge in [0.1, 0.15) is 17.7 Å². The predicted molar refractivity (Wildman–Crippen MR) is 150 cm³/mol. The number of hydrogen-bond acceptors (Lipinski definition) is 6. The lowest BCUT2D eigenvalue weighted by atomic mass is 9.82. The molecule has 10 heteroatoms. The summed E-state index contributed by atoms with van der Waals surface area (Å²) in [5.74, 6) is 0.818. The number of rotatable bonds is 7. The topological polar surface area (TPSA) is 74.7 Å². The van der Waals surface area contributed by atoms with Gasteiger partial charge < -0.3 is 9.57 Å². The van der Waals surface area contributed by atoms with Gasteiger partial charge in [0.15, 0.2) is 5.84 Å². The van der Waals surface area contributed by atoms with E-state index in [0.717, 1.165) is 30.7 Å². The molecular formula is C29H39FN4O4S. The Morgan fingerprint density at radius 3 is 2.72 bits per heavy atom. The number of piperidine rings is 1. The minimum atomic E-state index is -3.99. The van der Waals surface area contributed by atoms with Crippen molar-refractivity contribution >= 4 is 21.7 Å². The van der Waals surface area contributed by atoms with Crippen LogP contribution >= 0.6 is 0 Å². The van der Waals surface area contributed by atoms with Gasteiger partial charge in [0, 0.05) is 25.6 Å². The fourth-order valence-corrected chi connectivity index (χ4v) is 8.24. The zero-order valence-corrected chi connectivity index (χ0v) is 24.0. The van der Waals surface area contributed by atoms with Crippen molar-refractivity contribution < 1.29 is 22.4 Å². The monoisotopic (exact) mass is 558 g/mol. The first kappa shape index (κ1) is 27.7. The molecule has 5 rings (SSSR count). The number of anilines is 1. The van der Waals surface area contributed by atoms with Gasteiger partial charge in [-0.05, 0) is 75.9 Å². The van der Waals surface area contributed by atoms with Crippen LogP contribution in [0.5, 0.6) is 5.75 Å². The molecule has 3 atom stereocenters. The molecule has 3 aliphatic rings. The summed E-state index contributed by atoms with van der Waals surface area (Å²) in [5.41, 5.74) is 0.774. The summed E-state index contributed by atoms with van der Waals surface area (Å²) in [6.07, 6.45) is 3.40. The number of benzene rings is 2. The van der Waals surface area contributed by atoms with Crippen molar-refractivity contribution in [3.05, 3.63) is 59.9 Å². The summed E-state index contributed by atoms with van der Waals surface area (Å²) in [4.78, 5) is 7.95. The highest BCUT2D eigenvalue weighted by molar-refractivity contribution is 7.91. The van der Waals surface area contributed by atoms with Gasteiger partial charge >= 0.3 is 10.2 Å². The number of ether oxygens (including phenoxy) is 1. The van der Waals surface area contributed by atoms with Gasteiger partial charge in [-0.1, -0.05) is 36.7 Å². The summed E-state index contributed by atoms with van der Waals surface area (Å²) in [6, 6.07) is 14.1. The van der Waals surface area contributed by atoms with E-state index in [9.17, 15) is 12.8 Å². The van der Waals surface area contributed by atoms with E-state index in [2.05, 4.69) is 36.0 Å². The van der Waals surface area contributed by atoms with Crippen molar-refractivity contribution in [2.24, 2.45) is 5.16 Å². The van der Waals surface area contributed by atoms with Crippen molar-refractivity contribution in [1.82, 2.24) is 9.21 Å². The fourth-order valence-electron chi connectivity index (χ4n) is 6.17. The second-order valence-electron chi connectivity index (χ2n) is 11.3. The van der Waals surface area contributed by atoms with E-state index in [1.165, 1.54) is 20.7 Å². The Balaban J connectivity index is 1.41. The highest BCUT2D eigenvalue weighted by atomic mass is 32.2. The molecule has 0 aliphatic carbocycles. The Labute approximate surface area is 231 Å². The molecule has 2 fully saturated rings. The van der Waals surface area contributed by atoms with Crippen molar-refractivity contribution in [2.75, 3.05) is 17.4 Å². The average Bonchev–Trinajstić information content (AvgIpc) is 3.41. The number of oxime groups is 1. The number of amidine groups is 1. The quantitative estimate of drug-likeness (QED) is 0.461. The largest absolute Gasteiger partial charge is 0.491 e. The molecule has 2 saturated heterocycles. The van der Waals surface area contributed by atoms with Crippen LogP contribution in [0.4, 0.5) is 10.1 Å². The minimum Gasteiger partial charge on any atom is -0.491 e. The van der Waals surface area contributed by atoms with Gasteiger partial charge in [-0.15, -0.1) is 0 Å². The van der Waals surface area contributed by atoms with E-state index in [-0.39, 0.29) is 24.8 Å². The molecule has 0 bridgehead atoms. The van der Waals surface area contributed by atoms with Crippen LogP contribution in [0.25, 0.3) is 0 Å². The third-order valence-corrected chi connectivity index (χ3v) is 9.81.